The SMILES string of the molecule is Cc1cccc(CN(C)CC(=O)c2ccc(Cl)c(Cl)c2)c1. The van der Waals surface area contributed by atoms with Crippen LogP contribution in [-0.2, 0) is 6.54 Å². The molecular formula is C17H17Cl2NO. The monoisotopic (exact) mass is 321 g/mol. The van der Waals surface area contributed by atoms with E-state index in [0.717, 1.165) is 6.54 Å². The Morgan fingerprint density at radius 3 is 2.52 bits per heavy atom. The molecule has 0 amide bonds. The summed E-state index contributed by atoms with van der Waals surface area (Å²) in [6, 6.07) is 13.2. The van der Waals surface area contributed by atoms with Gasteiger partial charge in [-0.05, 0) is 37.7 Å². The van der Waals surface area contributed by atoms with E-state index in [1.807, 2.05) is 18.0 Å². The Labute approximate surface area is 135 Å². The van der Waals surface area contributed by atoms with Gasteiger partial charge >= 0.3 is 0 Å². The van der Waals surface area contributed by atoms with E-state index >= 15 is 0 Å². The highest BCUT2D eigenvalue weighted by molar-refractivity contribution is 6.42. The average molecular weight is 322 g/mol. The number of hydrogen-bond donors (Lipinski definition) is 0. The van der Waals surface area contributed by atoms with E-state index in [-0.39, 0.29) is 5.78 Å². The molecule has 2 nitrogen and oxygen atoms in total. The molecule has 2 aromatic rings. The number of ketones is 1. The van der Waals surface area contributed by atoms with Crippen molar-refractivity contribution in [2.45, 2.75) is 13.5 Å². The normalized spacial score (nSPS) is 10.9. The highest BCUT2D eigenvalue weighted by Crippen LogP contribution is 2.22. The van der Waals surface area contributed by atoms with Crippen molar-refractivity contribution < 1.29 is 4.79 Å². The van der Waals surface area contributed by atoms with Crippen LogP contribution < -0.4 is 0 Å². The fourth-order valence-corrected chi connectivity index (χ4v) is 2.48. The molecule has 0 N–H and O–H groups in total. The predicted octanol–water partition coefficient (Wildman–Crippen LogP) is 4.62. The van der Waals surface area contributed by atoms with Gasteiger partial charge < -0.3 is 0 Å². The Bertz CT molecular complexity index is 655. The van der Waals surface area contributed by atoms with Crippen LogP contribution in [0.3, 0.4) is 0 Å². The van der Waals surface area contributed by atoms with Crippen molar-refractivity contribution >= 4 is 29.0 Å². The topological polar surface area (TPSA) is 20.3 Å². The third-order valence-corrected chi connectivity index (χ3v) is 3.93. The molecule has 0 spiro atoms. The van der Waals surface area contributed by atoms with Gasteiger partial charge in [0.1, 0.15) is 0 Å². The molecule has 0 aliphatic heterocycles. The molecule has 0 unspecified atom stereocenters. The standard InChI is InChI=1S/C17H17Cl2NO/c1-12-4-3-5-13(8-12)10-20(2)11-17(21)14-6-7-15(18)16(19)9-14/h3-9H,10-11H2,1-2H3. The third-order valence-electron chi connectivity index (χ3n) is 3.19. The molecule has 0 atom stereocenters. The van der Waals surface area contributed by atoms with Gasteiger partial charge in [-0.2, -0.15) is 0 Å². The molecule has 0 radical (unpaired) electrons. The van der Waals surface area contributed by atoms with E-state index in [2.05, 4.69) is 25.1 Å². The highest BCUT2D eigenvalue weighted by atomic mass is 35.5. The van der Waals surface area contributed by atoms with Crippen LogP contribution in [0.1, 0.15) is 21.5 Å². The predicted molar refractivity (Wildman–Crippen MR) is 88.3 cm³/mol. The lowest BCUT2D eigenvalue weighted by Crippen LogP contribution is -2.25. The van der Waals surface area contributed by atoms with Gasteiger partial charge in [0.15, 0.2) is 5.78 Å². The van der Waals surface area contributed by atoms with Crippen molar-refractivity contribution in [3.8, 4) is 0 Å². The first-order valence-electron chi connectivity index (χ1n) is 6.68. The first kappa shape index (κ1) is 16.0. The first-order valence-corrected chi connectivity index (χ1v) is 7.43. The minimum atomic E-state index is 0.0312. The Morgan fingerprint density at radius 2 is 1.86 bits per heavy atom. The summed E-state index contributed by atoms with van der Waals surface area (Å²) < 4.78 is 0. The van der Waals surface area contributed by atoms with Crippen LogP contribution in [0.25, 0.3) is 0 Å². The van der Waals surface area contributed by atoms with Crippen molar-refractivity contribution in [3.63, 3.8) is 0 Å². The Hall–Kier alpha value is -1.35. The summed E-state index contributed by atoms with van der Waals surface area (Å²) in [6.45, 7) is 3.13. The molecule has 0 bridgehead atoms. The minimum Gasteiger partial charge on any atom is -0.295 e. The van der Waals surface area contributed by atoms with Gasteiger partial charge in [0.2, 0.25) is 0 Å². The van der Waals surface area contributed by atoms with Crippen LogP contribution in [0.5, 0.6) is 0 Å². The second kappa shape index (κ2) is 7.08. The second-order valence-corrected chi connectivity index (χ2v) is 6.03. The summed E-state index contributed by atoms with van der Waals surface area (Å²) in [5.74, 6) is 0.0312. The van der Waals surface area contributed by atoms with Crippen molar-refractivity contribution in [2.75, 3.05) is 13.6 Å². The summed E-state index contributed by atoms with van der Waals surface area (Å²) in [5, 5.41) is 0.866. The van der Waals surface area contributed by atoms with Crippen molar-refractivity contribution in [1.82, 2.24) is 4.90 Å². The van der Waals surface area contributed by atoms with Crippen LogP contribution in [0.4, 0.5) is 0 Å². The number of aryl methyl sites for hydroxylation is 1. The van der Waals surface area contributed by atoms with Gasteiger partial charge in [0.05, 0.1) is 16.6 Å². The van der Waals surface area contributed by atoms with Crippen LogP contribution >= 0.6 is 23.2 Å². The number of carbonyl (C=O) groups is 1. The molecule has 0 aliphatic carbocycles. The Kier molecular flexibility index (Phi) is 5.40. The number of hydrogen-bond acceptors (Lipinski definition) is 2. The Balaban J connectivity index is 2.00. The molecule has 0 aliphatic rings. The summed E-state index contributed by atoms with van der Waals surface area (Å²) in [5.41, 5.74) is 3.00. The zero-order valence-corrected chi connectivity index (χ0v) is 13.6. The minimum absolute atomic E-state index is 0.0312. The summed E-state index contributed by atoms with van der Waals surface area (Å²) in [4.78, 5) is 14.2. The Morgan fingerprint density at radius 1 is 1.10 bits per heavy atom. The van der Waals surface area contributed by atoms with E-state index in [1.54, 1.807) is 18.2 Å². The molecule has 0 fully saturated rings. The molecular weight excluding hydrogens is 305 g/mol. The van der Waals surface area contributed by atoms with Crippen LogP contribution in [0.2, 0.25) is 10.0 Å². The second-order valence-electron chi connectivity index (χ2n) is 5.21. The molecule has 110 valence electrons. The van der Waals surface area contributed by atoms with Gasteiger partial charge in [-0.3, -0.25) is 9.69 Å². The maximum atomic E-state index is 12.2. The largest absolute Gasteiger partial charge is 0.295 e. The van der Waals surface area contributed by atoms with Crippen molar-refractivity contribution in [1.29, 1.82) is 0 Å². The maximum absolute atomic E-state index is 12.2. The first-order chi connectivity index (χ1) is 9.95. The number of benzene rings is 2. The number of likely N-dealkylation sites (N-methyl/N-ethyl adjacent to an activating group) is 1. The lowest BCUT2D eigenvalue weighted by atomic mass is 10.1. The van der Waals surface area contributed by atoms with Gasteiger partial charge in [-0.25, -0.2) is 0 Å². The maximum Gasteiger partial charge on any atom is 0.176 e. The van der Waals surface area contributed by atoms with Crippen LogP contribution in [0, 0.1) is 6.92 Å². The number of carbonyl (C=O) groups excluding carboxylic acids is 1. The number of halogens is 2. The fraction of sp³-hybridized carbons (Fsp3) is 0.235. The van der Waals surface area contributed by atoms with Crippen molar-refractivity contribution in [2.24, 2.45) is 0 Å². The molecule has 0 heterocycles. The highest BCUT2D eigenvalue weighted by Gasteiger charge is 2.11. The van der Waals surface area contributed by atoms with Crippen LogP contribution in [0.15, 0.2) is 42.5 Å². The zero-order valence-electron chi connectivity index (χ0n) is 12.1. The quantitative estimate of drug-likeness (QED) is 0.749. The molecule has 0 saturated heterocycles. The van der Waals surface area contributed by atoms with E-state index in [9.17, 15) is 4.79 Å². The number of Topliss-reactive ketones (excluding diaryl/α,β-unsaturated/α-hetero) is 1. The van der Waals surface area contributed by atoms with E-state index in [4.69, 9.17) is 23.2 Å². The summed E-state index contributed by atoms with van der Waals surface area (Å²) in [7, 11) is 1.93. The van der Waals surface area contributed by atoms with Gasteiger partial charge in [-0.1, -0.05) is 53.0 Å². The third kappa shape index (κ3) is 4.57. The molecule has 2 aromatic carbocycles. The molecule has 0 saturated carbocycles. The van der Waals surface area contributed by atoms with Crippen molar-refractivity contribution in [3.05, 3.63) is 69.2 Å². The number of nitrogens with zero attached hydrogens (tertiary/aromatic N) is 1. The van der Waals surface area contributed by atoms with E-state index in [1.165, 1.54) is 11.1 Å². The van der Waals surface area contributed by atoms with E-state index < -0.39 is 0 Å². The van der Waals surface area contributed by atoms with Gasteiger partial charge in [0.25, 0.3) is 0 Å². The lowest BCUT2D eigenvalue weighted by molar-refractivity contribution is 0.0943. The lowest BCUT2D eigenvalue weighted by Gasteiger charge is -2.16. The molecule has 0 aromatic heterocycles. The molecule has 4 heteroatoms. The summed E-state index contributed by atoms with van der Waals surface area (Å²) >= 11 is 11.8. The average Bonchev–Trinajstić information content (AvgIpc) is 2.41. The smallest absolute Gasteiger partial charge is 0.176 e. The zero-order chi connectivity index (χ0) is 15.4. The van der Waals surface area contributed by atoms with Gasteiger partial charge in [-0.15, -0.1) is 0 Å². The molecule has 21 heavy (non-hydrogen) atoms. The number of rotatable bonds is 5. The summed E-state index contributed by atoms with van der Waals surface area (Å²) in [6.07, 6.45) is 0. The van der Waals surface area contributed by atoms with E-state index in [0.29, 0.717) is 22.2 Å². The van der Waals surface area contributed by atoms with Gasteiger partial charge in [0, 0.05) is 12.1 Å². The fourth-order valence-electron chi connectivity index (χ4n) is 2.18. The van der Waals surface area contributed by atoms with Crippen LogP contribution in [-0.4, -0.2) is 24.3 Å². The molecule has 2 rings (SSSR count).